The monoisotopic (exact) mass is 309 g/mol. The predicted octanol–water partition coefficient (Wildman–Crippen LogP) is 0.887. The smallest absolute Gasteiger partial charge is 0.244 e. The largest absolute Gasteiger partial charge is 0.393 e. The Labute approximate surface area is 131 Å². The number of carbonyl (C=O) groups excluding carboxylic acids is 1. The second-order valence-corrected chi connectivity index (χ2v) is 7.37. The summed E-state index contributed by atoms with van der Waals surface area (Å²) in [6.07, 6.45) is 1.03. The van der Waals surface area contributed by atoms with Crippen molar-refractivity contribution in [2.24, 2.45) is 11.3 Å². The quantitative estimate of drug-likeness (QED) is 0.768. The molecule has 124 valence electrons. The number of aromatic amines is 1. The number of hydrogen-bond acceptors (Lipinski definition) is 5. The topological polar surface area (TPSA) is 94.1 Å². The summed E-state index contributed by atoms with van der Waals surface area (Å²) in [6.45, 7) is 6.15. The third kappa shape index (κ3) is 3.76. The van der Waals surface area contributed by atoms with E-state index in [0.717, 1.165) is 12.2 Å². The Morgan fingerprint density at radius 3 is 2.64 bits per heavy atom. The second kappa shape index (κ2) is 6.24. The van der Waals surface area contributed by atoms with Gasteiger partial charge in [0.05, 0.1) is 6.10 Å². The minimum atomic E-state index is -0.418. The van der Waals surface area contributed by atoms with Crippen LogP contribution in [0.2, 0.25) is 0 Å². The van der Waals surface area contributed by atoms with E-state index in [1.165, 1.54) is 0 Å². The van der Waals surface area contributed by atoms with E-state index in [1.807, 2.05) is 39.8 Å². The number of nitrogens with one attached hydrogen (secondary N) is 2. The first kappa shape index (κ1) is 16.7. The Hall–Kier alpha value is -1.63. The molecule has 2 rings (SSSR count). The van der Waals surface area contributed by atoms with Gasteiger partial charge < -0.3 is 15.3 Å². The molecule has 1 aromatic rings. The molecule has 7 heteroatoms. The summed E-state index contributed by atoms with van der Waals surface area (Å²) in [5, 5.41) is 20.3. The van der Waals surface area contributed by atoms with Crippen molar-refractivity contribution in [1.82, 2.24) is 20.5 Å². The number of nitrogens with zero attached hydrogens (tertiary/aromatic N) is 3. The van der Waals surface area contributed by atoms with Gasteiger partial charge in [0.1, 0.15) is 5.82 Å². The maximum atomic E-state index is 11.9. The van der Waals surface area contributed by atoms with Crippen molar-refractivity contribution < 1.29 is 9.90 Å². The molecule has 0 spiro atoms. The number of H-pyrrole nitrogens is 1. The SMILES string of the molecule is CN(C)c1n[nH]c([C@H]2C[C@H](CNC(=O)C(C)(C)C)[C@H](O)C2)n1. The zero-order valence-corrected chi connectivity index (χ0v) is 14.1. The standard InChI is InChI=1S/C15H27N5O2/c1-15(2,3)13(22)16-8-10-6-9(7-11(10)21)12-17-14(19-18-12)20(4)5/h9-11,21H,6-8H2,1-5H3,(H,16,22)(H,17,18,19)/t9-,10+,11+/m0/s1. The number of anilines is 1. The zero-order valence-electron chi connectivity index (χ0n) is 14.1. The lowest BCUT2D eigenvalue weighted by Gasteiger charge is -2.21. The molecule has 0 aromatic carbocycles. The molecule has 1 saturated carbocycles. The van der Waals surface area contributed by atoms with Crippen molar-refractivity contribution >= 4 is 11.9 Å². The van der Waals surface area contributed by atoms with Crippen LogP contribution in [0.25, 0.3) is 0 Å². The van der Waals surface area contributed by atoms with Crippen molar-refractivity contribution in [3.8, 4) is 0 Å². The normalized spacial score (nSPS) is 25.3. The number of aliphatic hydroxyl groups excluding tert-OH is 1. The van der Waals surface area contributed by atoms with E-state index in [1.54, 1.807) is 0 Å². The first-order valence-corrected chi connectivity index (χ1v) is 7.74. The Bertz CT molecular complexity index is 520. The molecule has 0 unspecified atom stereocenters. The van der Waals surface area contributed by atoms with Crippen LogP contribution in [-0.4, -0.2) is 52.9 Å². The lowest BCUT2D eigenvalue weighted by Crippen LogP contribution is -2.39. The number of carbonyl (C=O) groups is 1. The molecule has 3 atom stereocenters. The molecule has 1 heterocycles. The third-order valence-corrected chi connectivity index (χ3v) is 4.14. The van der Waals surface area contributed by atoms with E-state index >= 15 is 0 Å². The highest BCUT2D eigenvalue weighted by Gasteiger charge is 2.36. The van der Waals surface area contributed by atoms with Crippen LogP contribution >= 0.6 is 0 Å². The van der Waals surface area contributed by atoms with Crippen LogP contribution in [0.5, 0.6) is 0 Å². The van der Waals surface area contributed by atoms with E-state index in [-0.39, 0.29) is 17.7 Å². The van der Waals surface area contributed by atoms with Crippen molar-refractivity contribution in [2.45, 2.75) is 45.6 Å². The first-order valence-electron chi connectivity index (χ1n) is 7.74. The molecule has 7 nitrogen and oxygen atoms in total. The predicted molar refractivity (Wildman–Crippen MR) is 84.6 cm³/mol. The minimum Gasteiger partial charge on any atom is -0.393 e. The highest BCUT2D eigenvalue weighted by Crippen LogP contribution is 2.37. The van der Waals surface area contributed by atoms with E-state index in [4.69, 9.17) is 0 Å². The van der Waals surface area contributed by atoms with E-state index in [9.17, 15) is 9.90 Å². The van der Waals surface area contributed by atoms with E-state index < -0.39 is 11.5 Å². The molecule has 1 aliphatic rings. The maximum absolute atomic E-state index is 11.9. The van der Waals surface area contributed by atoms with Gasteiger partial charge in [-0.05, 0) is 12.8 Å². The first-order chi connectivity index (χ1) is 10.2. The number of rotatable bonds is 4. The van der Waals surface area contributed by atoms with Crippen molar-refractivity contribution in [2.75, 3.05) is 25.5 Å². The van der Waals surface area contributed by atoms with Crippen LogP contribution in [0.15, 0.2) is 0 Å². The summed E-state index contributed by atoms with van der Waals surface area (Å²) in [6, 6.07) is 0. The Kier molecular flexibility index (Phi) is 4.75. The summed E-state index contributed by atoms with van der Waals surface area (Å²) in [4.78, 5) is 18.2. The molecule has 1 aromatic heterocycles. The average molecular weight is 309 g/mol. The van der Waals surface area contributed by atoms with Gasteiger partial charge in [-0.15, -0.1) is 5.10 Å². The van der Waals surface area contributed by atoms with Gasteiger partial charge in [-0.1, -0.05) is 20.8 Å². The molecule has 0 bridgehead atoms. The van der Waals surface area contributed by atoms with Crippen molar-refractivity contribution in [1.29, 1.82) is 0 Å². The fourth-order valence-electron chi connectivity index (χ4n) is 2.68. The Balaban J connectivity index is 1.93. The molecule has 3 N–H and O–H groups in total. The van der Waals surface area contributed by atoms with E-state index in [0.29, 0.717) is 18.9 Å². The molecule has 1 aliphatic carbocycles. The molecule has 1 amide bonds. The number of aromatic nitrogens is 3. The molecule has 1 fully saturated rings. The van der Waals surface area contributed by atoms with Gasteiger partial charge in [-0.25, -0.2) is 0 Å². The zero-order chi connectivity index (χ0) is 16.5. The van der Waals surface area contributed by atoms with Crippen LogP contribution in [0.1, 0.15) is 45.4 Å². The fourth-order valence-corrected chi connectivity index (χ4v) is 2.68. The lowest BCUT2D eigenvalue weighted by atomic mass is 9.95. The highest BCUT2D eigenvalue weighted by atomic mass is 16.3. The van der Waals surface area contributed by atoms with Crippen LogP contribution in [0.3, 0.4) is 0 Å². The molecule has 0 saturated heterocycles. The summed E-state index contributed by atoms with van der Waals surface area (Å²) in [7, 11) is 3.78. The number of aliphatic hydroxyl groups is 1. The van der Waals surface area contributed by atoms with Gasteiger partial charge in [0.2, 0.25) is 11.9 Å². The summed E-state index contributed by atoms with van der Waals surface area (Å²) >= 11 is 0. The van der Waals surface area contributed by atoms with Gasteiger partial charge in [0.15, 0.2) is 0 Å². The lowest BCUT2D eigenvalue weighted by molar-refractivity contribution is -0.128. The number of hydrogen-bond donors (Lipinski definition) is 3. The van der Waals surface area contributed by atoms with Crippen molar-refractivity contribution in [3.05, 3.63) is 5.82 Å². The van der Waals surface area contributed by atoms with Crippen LogP contribution in [-0.2, 0) is 4.79 Å². The van der Waals surface area contributed by atoms with Crippen LogP contribution < -0.4 is 10.2 Å². The van der Waals surface area contributed by atoms with Gasteiger partial charge in [-0.3, -0.25) is 9.89 Å². The molecular formula is C15H27N5O2. The van der Waals surface area contributed by atoms with E-state index in [2.05, 4.69) is 20.5 Å². The average Bonchev–Trinajstić information content (AvgIpc) is 3.01. The molecule has 0 radical (unpaired) electrons. The fraction of sp³-hybridized carbons (Fsp3) is 0.800. The van der Waals surface area contributed by atoms with Gasteiger partial charge in [0.25, 0.3) is 0 Å². The van der Waals surface area contributed by atoms with Crippen LogP contribution in [0, 0.1) is 11.3 Å². The Morgan fingerprint density at radius 2 is 2.09 bits per heavy atom. The summed E-state index contributed by atoms with van der Waals surface area (Å²) < 4.78 is 0. The maximum Gasteiger partial charge on any atom is 0.244 e. The molecule has 22 heavy (non-hydrogen) atoms. The molecule has 0 aliphatic heterocycles. The second-order valence-electron chi connectivity index (χ2n) is 7.37. The van der Waals surface area contributed by atoms with Gasteiger partial charge in [0, 0.05) is 37.9 Å². The van der Waals surface area contributed by atoms with Crippen LogP contribution in [0.4, 0.5) is 5.95 Å². The third-order valence-electron chi connectivity index (χ3n) is 4.14. The summed E-state index contributed by atoms with van der Waals surface area (Å²) in [5.41, 5.74) is -0.408. The van der Waals surface area contributed by atoms with Crippen molar-refractivity contribution in [3.63, 3.8) is 0 Å². The minimum absolute atomic E-state index is 0.0118. The van der Waals surface area contributed by atoms with Gasteiger partial charge in [-0.2, -0.15) is 4.98 Å². The Morgan fingerprint density at radius 1 is 1.41 bits per heavy atom. The molecular weight excluding hydrogens is 282 g/mol. The summed E-state index contributed by atoms with van der Waals surface area (Å²) in [5.74, 6) is 1.69. The van der Waals surface area contributed by atoms with Gasteiger partial charge >= 0.3 is 0 Å². The highest BCUT2D eigenvalue weighted by molar-refractivity contribution is 5.81. The number of amides is 1.